The van der Waals surface area contributed by atoms with E-state index in [4.69, 9.17) is 0 Å². The quantitative estimate of drug-likeness (QED) is 0.676. The number of aliphatic carboxylic acids is 1. The van der Waals surface area contributed by atoms with Crippen LogP contribution in [0.3, 0.4) is 0 Å². The number of thiophene rings is 1. The number of aromatic nitrogens is 2. The molecule has 2 aromatic heterocycles. The highest BCUT2D eigenvalue weighted by Crippen LogP contribution is 2.35. The first-order valence-corrected chi connectivity index (χ1v) is 9.03. The van der Waals surface area contributed by atoms with Gasteiger partial charge in [0.15, 0.2) is 0 Å². The maximum atomic E-state index is 13.1. The number of rotatable bonds is 3. The van der Waals surface area contributed by atoms with Gasteiger partial charge in [-0.1, -0.05) is 28.1 Å². The molecule has 0 unspecified atom stereocenters. The third kappa shape index (κ3) is 2.75. The number of halogens is 1. The van der Waals surface area contributed by atoms with Crippen LogP contribution in [-0.2, 0) is 10.3 Å². The average Bonchev–Trinajstić information content (AvgIpc) is 2.84. The van der Waals surface area contributed by atoms with Gasteiger partial charge in [-0.25, -0.2) is 14.2 Å². The molecule has 8 heteroatoms. The van der Waals surface area contributed by atoms with Crippen LogP contribution >= 0.6 is 27.3 Å². The lowest BCUT2D eigenvalue weighted by molar-refractivity contribution is -0.146. The van der Waals surface area contributed by atoms with Crippen LogP contribution in [-0.4, -0.2) is 20.6 Å². The van der Waals surface area contributed by atoms with Gasteiger partial charge in [0.05, 0.1) is 5.39 Å². The summed E-state index contributed by atoms with van der Waals surface area (Å²) < 4.78 is 1.68. The van der Waals surface area contributed by atoms with Crippen molar-refractivity contribution in [2.45, 2.75) is 26.3 Å². The van der Waals surface area contributed by atoms with Crippen molar-refractivity contribution in [3.8, 4) is 11.1 Å². The van der Waals surface area contributed by atoms with Crippen molar-refractivity contribution in [1.29, 1.82) is 0 Å². The van der Waals surface area contributed by atoms with Gasteiger partial charge in [-0.15, -0.1) is 11.3 Å². The zero-order valence-corrected chi connectivity index (χ0v) is 16.1. The lowest BCUT2D eigenvalue weighted by Gasteiger charge is -2.21. The fourth-order valence-corrected chi connectivity index (χ4v) is 4.08. The van der Waals surface area contributed by atoms with E-state index < -0.39 is 22.8 Å². The van der Waals surface area contributed by atoms with Gasteiger partial charge >= 0.3 is 11.7 Å². The standard InChI is InChI=1S/C17H15BrN2O4S/c1-8-11(9-4-6-10(18)7-5-9)12-13(25-8)19-16(24)20(14(12)21)17(2,3)15(22)23/h4-7H,1-3H3,(H,19,24)(H,22,23). The van der Waals surface area contributed by atoms with Crippen molar-refractivity contribution in [2.75, 3.05) is 0 Å². The molecule has 0 radical (unpaired) electrons. The number of benzene rings is 1. The Morgan fingerprint density at radius 1 is 1.24 bits per heavy atom. The molecule has 0 fully saturated rings. The molecule has 0 saturated carbocycles. The number of carbonyl (C=O) groups is 1. The summed E-state index contributed by atoms with van der Waals surface area (Å²) in [6.45, 7) is 4.53. The SMILES string of the molecule is Cc1sc2[nH]c(=O)n(C(C)(C)C(=O)O)c(=O)c2c1-c1ccc(Br)cc1. The summed E-state index contributed by atoms with van der Waals surface area (Å²) >= 11 is 4.68. The second kappa shape index (κ2) is 5.96. The van der Waals surface area contributed by atoms with Crippen LogP contribution in [0.2, 0.25) is 0 Å². The van der Waals surface area contributed by atoms with E-state index in [1.165, 1.54) is 25.2 Å². The predicted molar refractivity (Wildman–Crippen MR) is 102 cm³/mol. The van der Waals surface area contributed by atoms with Gasteiger partial charge in [0.1, 0.15) is 10.4 Å². The number of nitrogens with one attached hydrogen (secondary N) is 1. The zero-order valence-electron chi connectivity index (χ0n) is 13.7. The van der Waals surface area contributed by atoms with Gasteiger partial charge < -0.3 is 5.11 Å². The van der Waals surface area contributed by atoms with Crippen molar-refractivity contribution < 1.29 is 9.90 Å². The Morgan fingerprint density at radius 2 is 1.84 bits per heavy atom. The number of carboxylic acids is 1. The molecule has 6 nitrogen and oxygen atoms in total. The molecule has 0 aliphatic carbocycles. The maximum Gasteiger partial charge on any atom is 0.330 e. The molecule has 0 spiro atoms. The van der Waals surface area contributed by atoms with Gasteiger partial charge in [0.2, 0.25) is 0 Å². The number of aromatic amines is 1. The maximum absolute atomic E-state index is 13.1. The van der Waals surface area contributed by atoms with E-state index in [0.717, 1.165) is 19.5 Å². The molecule has 25 heavy (non-hydrogen) atoms. The molecule has 0 aliphatic rings. The van der Waals surface area contributed by atoms with Crippen LogP contribution in [0.4, 0.5) is 0 Å². The van der Waals surface area contributed by atoms with Crippen LogP contribution < -0.4 is 11.2 Å². The first kappa shape index (κ1) is 17.6. The van der Waals surface area contributed by atoms with Gasteiger partial charge in [-0.3, -0.25) is 9.78 Å². The Morgan fingerprint density at radius 3 is 2.40 bits per heavy atom. The van der Waals surface area contributed by atoms with Gasteiger partial charge in [0, 0.05) is 14.9 Å². The Labute approximate surface area is 154 Å². The van der Waals surface area contributed by atoms with Crippen LogP contribution in [0.5, 0.6) is 0 Å². The van der Waals surface area contributed by atoms with E-state index >= 15 is 0 Å². The van der Waals surface area contributed by atoms with E-state index in [-0.39, 0.29) is 0 Å². The first-order valence-electron chi connectivity index (χ1n) is 7.43. The Bertz CT molecular complexity index is 1110. The molecular formula is C17H15BrN2O4S. The number of nitrogens with zero attached hydrogens (tertiary/aromatic N) is 1. The lowest BCUT2D eigenvalue weighted by atomic mass is 10.0. The second-order valence-corrected chi connectivity index (χ2v) is 8.32. The van der Waals surface area contributed by atoms with Gasteiger partial charge in [-0.2, -0.15) is 0 Å². The van der Waals surface area contributed by atoms with E-state index in [1.807, 2.05) is 31.2 Å². The van der Waals surface area contributed by atoms with Crippen molar-refractivity contribution in [3.63, 3.8) is 0 Å². The predicted octanol–water partition coefficient (Wildman–Crippen LogP) is 3.31. The van der Waals surface area contributed by atoms with Crippen molar-refractivity contribution >= 4 is 43.5 Å². The Balaban J connectivity index is 2.44. The summed E-state index contributed by atoms with van der Waals surface area (Å²) in [6, 6.07) is 7.47. The molecule has 0 bridgehead atoms. The molecule has 0 atom stereocenters. The first-order chi connectivity index (χ1) is 11.6. The highest BCUT2D eigenvalue weighted by atomic mass is 79.9. The van der Waals surface area contributed by atoms with Crippen molar-refractivity contribution in [1.82, 2.24) is 9.55 Å². The molecule has 0 aliphatic heterocycles. The summed E-state index contributed by atoms with van der Waals surface area (Å²) in [6.07, 6.45) is 0. The topological polar surface area (TPSA) is 92.2 Å². The van der Waals surface area contributed by atoms with E-state index in [9.17, 15) is 19.5 Å². The van der Waals surface area contributed by atoms with Crippen LogP contribution in [0, 0.1) is 6.92 Å². The third-order valence-corrected chi connectivity index (χ3v) is 5.69. The number of aryl methyl sites for hydroxylation is 1. The van der Waals surface area contributed by atoms with Crippen LogP contribution in [0.15, 0.2) is 38.3 Å². The summed E-state index contributed by atoms with van der Waals surface area (Å²) in [7, 11) is 0. The fourth-order valence-electron chi connectivity index (χ4n) is 2.76. The average molecular weight is 423 g/mol. The normalized spacial score (nSPS) is 11.8. The molecule has 3 rings (SSSR count). The lowest BCUT2D eigenvalue weighted by Crippen LogP contribution is -2.50. The van der Waals surface area contributed by atoms with Gasteiger partial charge in [0.25, 0.3) is 5.56 Å². The van der Waals surface area contributed by atoms with Crippen LogP contribution in [0.1, 0.15) is 18.7 Å². The van der Waals surface area contributed by atoms with Crippen molar-refractivity contribution in [3.05, 3.63) is 54.5 Å². The molecule has 1 aromatic carbocycles. The number of carboxylic acid groups (broad SMARTS) is 1. The summed E-state index contributed by atoms with van der Waals surface area (Å²) in [5.41, 5.74) is -1.45. The highest BCUT2D eigenvalue weighted by molar-refractivity contribution is 9.10. The number of hydrogen-bond donors (Lipinski definition) is 2. The Hall–Kier alpha value is -2.19. The zero-order chi connectivity index (χ0) is 18.5. The third-order valence-electron chi connectivity index (χ3n) is 4.14. The minimum absolute atomic E-state index is 0.332. The summed E-state index contributed by atoms with van der Waals surface area (Å²) in [4.78, 5) is 40.9. The molecule has 2 heterocycles. The van der Waals surface area contributed by atoms with E-state index in [1.54, 1.807) is 0 Å². The van der Waals surface area contributed by atoms with Crippen molar-refractivity contribution in [2.24, 2.45) is 0 Å². The smallest absolute Gasteiger partial charge is 0.330 e. The largest absolute Gasteiger partial charge is 0.480 e. The highest BCUT2D eigenvalue weighted by Gasteiger charge is 2.34. The van der Waals surface area contributed by atoms with E-state index in [0.29, 0.717) is 15.8 Å². The van der Waals surface area contributed by atoms with Crippen LogP contribution in [0.25, 0.3) is 21.3 Å². The number of H-pyrrole nitrogens is 1. The molecular weight excluding hydrogens is 408 g/mol. The fraction of sp³-hybridized carbons (Fsp3) is 0.235. The molecule has 0 saturated heterocycles. The molecule has 130 valence electrons. The minimum atomic E-state index is -1.66. The summed E-state index contributed by atoms with van der Waals surface area (Å²) in [5.74, 6) is -1.25. The summed E-state index contributed by atoms with van der Waals surface area (Å²) in [5, 5.41) is 9.75. The van der Waals surface area contributed by atoms with Gasteiger partial charge in [-0.05, 0) is 38.5 Å². The molecule has 3 aromatic rings. The molecule has 0 amide bonds. The second-order valence-electron chi connectivity index (χ2n) is 6.18. The number of hydrogen-bond acceptors (Lipinski definition) is 4. The van der Waals surface area contributed by atoms with E-state index in [2.05, 4.69) is 20.9 Å². The monoisotopic (exact) mass is 422 g/mol. The Kier molecular flexibility index (Phi) is 4.20. The molecule has 2 N–H and O–H groups in total. The minimum Gasteiger partial charge on any atom is -0.480 e. The number of fused-ring (bicyclic) bond motifs is 1.